The number of rotatable bonds is 7. The lowest BCUT2D eigenvalue weighted by atomic mass is 10.1. The average Bonchev–Trinajstić information content (AvgIpc) is 3.30. The number of nitrogens with one attached hydrogen (secondary N) is 2. The van der Waals surface area contributed by atoms with Crippen molar-refractivity contribution in [3.05, 3.63) is 71.5 Å². The minimum absolute atomic E-state index is 0.139. The maximum Gasteiger partial charge on any atom is 0.416 e. The summed E-state index contributed by atoms with van der Waals surface area (Å²) in [4.78, 5) is 38.0. The fourth-order valence-electron chi connectivity index (χ4n) is 4.51. The van der Waals surface area contributed by atoms with Crippen LogP contribution in [0.3, 0.4) is 0 Å². The van der Waals surface area contributed by atoms with Gasteiger partial charge in [-0.3, -0.25) is 9.69 Å². The normalized spacial score (nSPS) is 15.7. The first-order valence-electron chi connectivity index (χ1n) is 12.5. The van der Waals surface area contributed by atoms with Crippen LogP contribution in [0.25, 0.3) is 0 Å². The van der Waals surface area contributed by atoms with Gasteiger partial charge >= 0.3 is 12.2 Å². The zero-order chi connectivity index (χ0) is 28.2. The van der Waals surface area contributed by atoms with Crippen molar-refractivity contribution in [1.29, 1.82) is 0 Å². The van der Waals surface area contributed by atoms with Crippen molar-refractivity contribution in [2.24, 2.45) is 0 Å². The van der Waals surface area contributed by atoms with E-state index in [9.17, 15) is 22.8 Å². The molecule has 12 heteroatoms. The number of urea groups is 1. The van der Waals surface area contributed by atoms with E-state index in [0.29, 0.717) is 29.8 Å². The topological polar surface area (TPSA) is 116 Å². The molecule has 1 atom stereocenters. The second-order valence-electron chi connectivity index (χ2n) is 9.51. The van der Waals surface area contributed by atoms with Crippen LogP contribution in [0.1, 0.15) is 40.7 Å². The molecule has 0 saturated carbocycles. The molecule has 3 aromatic rings. The van der Waals surface area contributed by atoms with Crippen molar-refractivity contribution in [2.45, 2.75) is 38.4 Å². The third-order valence-electron chi connectivity index (χ3n) is 6.74. The molecule has 1 aliphatic heterocycles. The second-order valence-corrected chi connectivity index (χ2v) is 9.51. The van der Waals surface area contributed by atoms with Crippen LogP contribution in [-0.4, -0.2) is 53.0 Å². The molecule has 2 aromatic carbocycles. The molecule has 206 valence electrons. The van der Waals surface area contributed by atoms with Crippen molar-refractivity contribution in [2.75, 3.05) is 41.4 Å². The number of likely N-dealkylation sites (tertiary alicyclic amines) is 1. The minimum Gasteiger partial charge on any atom is -0.384 e. The van der Waals surface area contributed by atoms with Gasteiger partial charge in [-0.1, -0.05) is 12.1 Å². The molecular weight excluding hydrogens is 511 g/mol. The van der Waals surface area contributed by atoms with E-state index in [1.807, 2.05) is 0 Å². The number of alkyl halides is 3. The molecule has 0 bridgehead atoms. The van der Waals surface area contributed by atoms with E-state index in [-0.39, 0.29) is 11.4 Å². The molecule has 39 heavy (non-hydrogen) atoms. The third kappa shape index (κ3) is 7.02. The SMILES string of the molecule is Cc1ccc(NC(=O)c2cccc(C(F)(F)F)c2)cc1NC(=O)N(CCC1CCCN1C)c1cc(N)ncn1. The Bertz CT molecular complexity index is 1350. The van der Waals surface area contributed by atoms with Crippen LogP contribution in [-0.2, 0) is 6.18 Å². The Morgan fingerprint density at radius 2 is 1.92 bits per heavy atom. The third-order valence-corrected chi connectivity index (χ3v) is 6.74. The van der Waals surface area contributed by atoms with Gasteiger partial charge in [-0.2, -0.15) is 13.2 Å². The van der Waals surface area contributed by atoms with E-state index in [1.54, 1.807) is 25.1 Å². The summed E-state index contributed by atoms with van der Waals surface area (Å²) in [6.45, 7) is 3.19. The largest absolute Gasteiger partial charge is 0.416 e. The van der Waals surface area contributed by atoms with Gasteiger partial charge in [-0.05, 0) is 75.7 Å². The molecule has 2 heterocycles. The number of nitrogens with two attached hydrogens (primary N) is 1. The van der Waals surface area contributed by atoms with E-state index in [1.165, 1.54) is 29.4 Å². The predicted octanol–water partition coefficient (Wildman–Crippen LogP) is 5.16. The molecule has 3 amide bonds. The lowest BCUT2D eigenvalue weighted by Crippen LogP contribution is -2.39. The summed E-state index contributed by atoms with van der Waals surface area (Å²) in [5.41, 5.74) is 6.24. The maximum absolute atomic E-state index is 13.5. The molecule has 4 rings (SSSR count). The quantitative estimate of drug-likeness (QED) is 0.381. The number of anilines is 4. The van der Waals surface area contributed by atoms with E-state index in [0.717, 1.165) is 43.5 Å². The number of hydrogen-bond donors (Lipinski definition) is 3. The summed E-state index contributed by atoms with van der Waals surface area (Å²) < 4.78 is 39.2. The number of carbonyl (C=O) groups excluding carboxylic acids is 2. The highest BCUT2D eigenvalue weighted by Gasteiger charge is 2.31. The van der Waals surface area contributed by atoms with E-state index in [4.69, 9.17) is 5.73 Å². The van der Waals surface area contributed by atoms with Crippen LogP contribution in [0.4, 0.5) is 41.0 Å². The summed E-state index contributed by atoms with van der Waals surface area (Å²) >= 11 is 0. The molecular formula is C27H30F3N7O2. The van der Waals surface area contributed by atoms with Crippen molar-refractivity contribution >= 4 is 34.9 Å². The molecule has 1 fully saturated rings. The highest BCUT2D eigenvalue weighted by atomic mass is 19.4. The van der Waals surface area contributed by atoms with Gasteiger partial charge in [0.2, 0.25) is 0 Å². The summed E-state index contributed by atoms with van der Waals surface area (Å²) in [5.74, 6) is -0.125. The van der Waals surface area contributed by atoms with Gasteiger partial charge in [-0.25, -0.2) is 14.8 Å². The number of carbonyl (C=O) groups is 2. The smallest absolute Gasteiger partial charge is 0.384 e. The van der Waals surface area contributed by atoms with Gasteiger partial charge in [0.1, 0.15) is 18.0 Å². The van der Waals surface area contributed by atoms with Crippen molar-refractivity contribution in [3.8, 4) is 0 Å². The second kappa shape index (κ2) is 11.7. The van der Waals surface area contributed by atoms with Gasteiger partial charge < -0.3 is 21.3 Å². The summed E-state index contributed by atoms with van der Waals surface area (Å²) in [7, 11) is 2.06. The number of hydrogen-bond acceptors (Lipinski definition) is 6. The van der Waals surface area contributed by atoms with Crippen LogP contribution >= 0.6 is 0 Å². The molecule has 1 aliphatic rings. The van der Waals surface area contributed by atoms with Gasteiger partial charge in [0.25, 0.3) is 5.91 Å². The summed E-state index contributed by atoms with van der Waals surface area (Å²) in [6, 6.07) is 10.4. The average molecular weight is 542 g/mol. The monoisotopic (exact) mass is 541 g/mol. The number of amides is 3. The Morgan fingerprint density at radius 1 is 1.13 bits per heavy atom. The number of nitrogen functional groups attached to an aromatic ring is 1. The fourth-order valence-corrected chi connectivity index (χ4v) is 4.51. The molecule has 0 aliphatic carbocycles. The summed E-state index contributed by atoms with van der Waals surface area (Å²) in [5, 5.41) is 5.47. The highest BCUT2D eigenvalue weighted by molar-refractivity contribution is 6.05. The van der Waals surface area contributed by atoms with Crippen LogP contribution in [0.2, 0.25) is 0 Å². The first-order chi connectivity index (χ1) is 18.5. The number of aromatic nitrogens is 2. The Hall–Kier alpha value is -4.19. The maximum atomic E-state index is 13.5. The van der Waals surface area contributed by atoms with Gasteiger partial charge in [0, 0.05) is 35.6 Å². The van der Waals surface area contributed by atoms with Gasteiger partial charge in [-0.15, -0.1) is 0 Å². The molecule has 0 radical (unpaired) electrons. The Kier molecular flexibility index (Phi) is 8.34. The van der Waals surface area contributed by atoms with Crippen LogP contribution < -0.4 is 21.3 Å². The molecule has 0 spiro atoms. The molecule has 9 nitrogen and oxygen atoms in total. The van der Waals surface area contributed by atoms with Crippen molar-refractivity contribution in [3.63, 3.8) is 0 Å². The molecule has 1 saturated heterocycles. The first-order valence-corrected chi connectivity index (χ1v) is 12.5. The van der Waals surface area contributed by atoms with Crippen molar-refractivity contribution < 1.29 is 22.8 Å². The zero-order valence-corrected chi connectivity index (χ0v) is 21.6. The first kappa shape index (κ1) is 27.8. The number of benzene rings is 2. The minimum atomic E-state index is -4.56. The predicted molar refractivity (Wildman–Crippen MR) is 144 cm³/mol. The van der Waals surface area contributed by atoms with E-state index < -0.39 is 23.7 Å². The van der Waals surface area contributed by atoms with E-state index >= 15 is 0 Å². The molecule has 1 unspecified atom stereocenters. The standard InChI is InChI=1S/C27H30F3N7O2/c1-17-8-9-20(34-25(38)18-5-3-6-19(13-18)27(28,29)30)14-22(17)35-26(39)37(24-15-23(31)32-16-33-24)12-10-21-7-4-11-36(21)2/h3,5-6,8-9,13-16,21H,4,7,10-12H2,1-2H3,(H,34,38)(H,35,39)(H2,31,32,33). The van der Waals surface area contributed by atoms with Crippen LogP contribution in [0.15, 0.2) is 54.9 Å². The van der Waals surface area contributed by atoms with Crippen molar-refractivity contribution in [1.82, 2.24) is 14.9 Å². The highest BCUT2D eigenvalue weighted by Crippen LogP contribution is 2.30. The zero-order valence-electron chi connectivity index (χ0n) is 21.6. The Labute approximate surface area is 224 Å². The summed E-state index contributed by atoms with van der Waals surface area (Å²) in [6.07, 6.45) is -0.386. The number of halogens is 3. The number of aryl methyl sites for hydroxylation is 1. The van der Waals surface area contributed by atoms with Crippen LogP contribution in [0, 0.1) is 6.92 Å². The lowest BCUT2D eigenvalue weighted by molar-refractivity contribution is -0.137. The lowest BCUT2D eigenvalue weighted by Gasteiger charge is -2.26. The molecule has 1 aromatic heterocycles. The van der Waals surface area contributed by atoms with Gasteiger partial charge in [0.05, 0.1) is 5.56 Å². The Balaban J connectivity index is 1.51. The van der Waals surface area contributed by atoms with Gasteiger partial charge in [0.15, 0.2) is 0 Å². The number of nitrogens with zero attached hydrogens (tertiary/aromatic N) is 4. The van der Waals surface area contributed by atoms with Crippen LogP contribution in [0.5, 0.6) is 0 Å². The molecule has 4 N–H and O–H groups in total. The fraction of sp³-hybridized carbons (Fsp3) is 0.333. The van der Waals surface area contributed by atoms with E-state index in [2.05, 4.69) is 32.5 Å². The Morgan fingerprint density at radius 3 is 2.62 bits per heavy atom.